The molecule has 5 nitrogen and oxygen atoms in total. The fraction of sp³-hybridized carbons (Fsp3) is 0.938. The number of carboxylic acid groups (broad SMARTS) is 1. The van der Waals surface area contributed by atoms with Crippen molar-refractivity contribution in [3.63, 3.8) is 0 Å². The summed E-state index contributed by atoms with van der Waals surface area (Å²) in [6.45, 7) is 12.0. The first-order chi connectivity index (χ1) is 9.99. The van der Waals surface area contributed by atoms with Crippen molar-refractivity contribution in [1.82, 2.24) is 15.1 Å². The Kier molecular flexibility index (Phi) is 5.63. The fourth-order valence-corrected chi connectivity index (χ4v) is 3.36. The van der Waals surface area contributed by atoms with E-state index in [2.05, 4.69) is 35.9 Å². The quantitative estimate of drug-likeness (QED) is 0.706. The van der Waals surface area contributed by atoms with E-state index in [0.717, 1.165) is 52.0 Å². The van der Waals surface area contributed by atoms with Crippen molar-refractivity contribution >= 4 is 5.97 Å². The Hall–Kier alpha value is -0.650. The van der Waals surface area contributed by atoms with Crippen molar-refractivity contribution in [2.24, 2.45) is 5.92 Å². The molecule has 0 aromatic rings. The van der Waals surface area contributed by atoms with E-state index in [1.54, 1.807) is 0 Å². The van der Waals surface area contributed by atoms with Crippen LogP contribution in [-0.2, 0) is 4.79 Å². The van der Waals surface area contributed by atoms with Crippen LogP contribution in [0.3, 0.4) is 0 Å². The molecule has 1 saturated carbocycles. The molecule has 1 heterocycles. The Morgan fingerprint density at radius 1 is 1.29 bits per heavy atom. The largest absolute Gasteiger partial charge is 0.480 e. The lowest BCUT2D eigenvalue weighted by Gasteiger charge is -2.41. The summed E-state index contributed by atoms with van der Waals surface area (Å²) in [6, 6.07) is 0.582. The van der Waals surface area contributed by atoms with Crippen LogP contribution in [0.5, 0.6) is 0 Å². The molecule has 1 atom stereocenters. The van der Waals surface area contributed by atoms with E-state index in [9.17, 15) is 9.90 Å². The van der Waals surface area contributed by atoms with Crippen LogP contribution in [-0.4, -0.2) is 71.7 Å². The first kappa shape index (κ1) is 16.7. The van der Waals surface area contributed by atoms with Crippen LogP contribution in [0.15, 0.2) is 0 Å². The zero-order valence-corrected chi connectivity index (χ0v) is 13.8. The molecule has 0 bridgehead atoms. The van der Waals surface area contributed by atoms with Crippen molar-refractivity contribution in [3.8, 4) is 0 Å². The molecule has 0 aromatic heterocycles. The van der Waals surface area contributed by atoms with Crippen molar-refractivity contribution in [2.75, 3.05) is 39.3 Å². The van der Waals surface area contributed by atoms with Crippen LogP contribution in [0, 0.1) is 5.92 Å². The van der Waals surface area contributed by atoms with E-state index < -0.39 is 11.5 Å². The van der Waals surface area contributed by atoms with Gasteiger partial charge >= 0.3 is 5.97 Å². The van der Waals surface area contributed by atoms with Crippen molar-refractivity contribution in [1.29, 1.82) is 0 Å². The van der Waals surface area contributed by atoms with E-state index >= 15 is 0 Å². The molecule has 5 heteroatoms. The predicted octanol–water partition coefficient (Wildman–Crippen LogP) is 1.25. The van der Waals surface area contributed by atoms with Gasteiger partial charge in [-0.25, -0.2) is 0 Å². The number of carboxylic acids is 1. The van der Waals surface area contributed by atoms with Crippen molar-refractivity contribution in [3.05, 3.63) is 0 Å². The standard InChI is InChI=1S/C16H31N3O2/c1-4-7-17-16(15(20)21,14-5-6-14)12-18-8-10-19(11-9-18)13(2)3/h13-14,17H,4-12H2,1-3H3,(H,20,21). The molecule has 0 amide bonds. The molecule has 21 heavy (non-hydrogen) atoms. The summed E-state index contributed by atoms with van der Waals surface area (Å²) in [5, 5.41) is 13.2. The van der Waals surface area contributed by atoms with Gasteiger partial charge in [-0.2, -0.15) is 0 Å². The van der Waals surface area contributed by atoms with Crippen LogP contribution in [0.1, 0.15) is 40.0 Å². The second-order valence-electron chi connectivity index (χ2n) is 6.88. The van der Waals surface area contributed by atoms with E-state index in [0.29, 0.717) is 18.5 Å². The summed E-state index contributed by atoms with van der Waals surface area (Å²) in [7, 11) is 0. The summed E-state index contributed by atoms with van der Waals surface area (Å²) < 4.78 is 0. The Morgan fingerprint density at radius 3 is 2.33 bits per heavy atom. The molecule has 0 spiro atoms. The minimum atomic E-state index is -0.726. The number of hydrogen-bond donors (Lipinski definition) is 2. The lowest BCUT2D eigenvalue weighted by Crippen LogP contribution is -2.63. The van der Waals surface area contributed by atoms with Crippen LogP contribution >= 0.6 is 0 Å². The average molecular weight is 297 g/mol. The van der Waals surface area contributed by atoms with Gasteiger partial charge < -0.3 is 10.4 Å². The van der Waals surface area contributed by atoms with Gasteiger partial charge in [-0.3, -0.25) is 14.6 Å². The zero-order chi connectivity index (χ0) is 15.5. The summed E-state index contributed by atoms with van der Waals surface area (Å²) in [4.78, 5) is 16.8. The van der Waals surface area contributed by atoms with Gasteiger partial charge in [-0.1, -0.05) is 6.92 Å². The van der Waals surface area contributed by atoms with Crippen molar-refractivity contribution in [2.45, 2.75) is 51.6 Å². The lowest BCUT2D eigenvalue weighted by atomic mass is 9.91. The van der Waals surface area contributed by atoms with E-state index in [-0.39, 0.29) is 0 Å². The average Bonchev–Trinajstić information content (AvgIpc) is 3.28. The topological polar surface area (TPSA) is 55.8 Å². The van der Waals surface area contributed by atoms with E-state index in [1.165, 1.54) is 0 Å². The van der Waals surface area contributed by atoms with Crippen LogP contribution in [0.4, 0.5) is 0 Å². The van der Waals surface area contributed by atoms with Gasteiger partial charge in [0.1, 0.15) is 5.54 Å². The molecule has 0 radical (unpaired) electrons. The molecule has 1 unspecified atom stereocenters. The first-order valence-electron chi connectivity index (χ1n) is 8.44. The van der Waals surface area contributed by atoms with Crippen LogP contribution in [0.2, 0.25) is 0 Å². The van der Waals surface area contributed by atoms with Gasteiger partial charge in [-0.05, 0) is 45.6 Å². The lowest BCUT2D eigenvalue weighted by molar-refractivity contribution is -0.147. The monoisotopic (exact) mass is 297 g/mol. The molecular formula is C16H31N3O2. The Balaban J connectivity index is 1.97. The maximum absolute atomic E-state index is 12.0. The highest BCUT2D eigenvalue weighted by molar-refractivity contribution is 5.80. The van der Waals surface area contributed by atoms with Gasteiger partial charge in [0.25, 0.3) is 0 Å². The SMILES string of the molecule is CCCNC(CN1CCN(C(C)C)CC1)(C(=O)O)C1CC1. The third-order valence-electron chi connectivity index (χ3n) is 4.96. The summed E-state index contributed by atoms with van der Waals surface area (Å²) in [6.07, 6.45) is 3.08. The normalized spacial score (nSPS) is 24.2. The molecule has 2 fully saturated rings. The minimum Gasteiger partial charge on any atom is -0.480 e. The molecule has 2 N–H and O–H groups in total. The molecule has 1 saturated heterocycles. The van der Waals surface area contributed by atoms with Crippen molar-refractivity contribution < 1.29 is 9.90 Å². The van der Waals surface area contributed by atoms with Gasteiger partial charge in [0.15, 0.2) is 0 Å². The second-order valence-corrected chi connectivity index (χ2v) is 6.88. The molecular weight excluding hydrogens is 266 g/mol. The maximum Gasteiger partial charge on any atom is 0.325 e. The number of hydrogen-bond acceptors (Lipinski definition) is 4. The van der Waals surface area contributed by atoms with Crippen LogP contribution in [0.25, 0.3) is 0 Å². The minimum absolute atomic E-state index is 0.310. The Morgan fingerprint density at radius 2 is 1.90 bits per heavy atom. The number of rotatable bonds is 8. The van der Waals surface area contributed by atoms with E-state index in [1.807, 2.05) is 0 Å². The first-order valence-corrected chi connectivity index (χ1v) is 8.44. The predicted molar refractivity (Wildman–Crippen MR) is 84.5 cm³/mol. The number of nitrogens with zero attached hydrogens (tertiary/aromatic N) is 2. The molecule has 1 aliphatic heterocycles. The van der Waals surface area contributed by atoms with Gasteiger partial charge in [-0.15, -0.1) is 0 Å². The summed E-state index contributed by atoms with van der Waals surface area (Å²) in [5.74, 6) is -0.352. The van der Waals surface area contributed by atoms with Gasteiger partial charge in [0, 0.05) is 38.8 Å². The number of carbonyl (C=O) groups is 1. The number of aliphatic carboxylic acids is 1. The third-order valence-corrected chi connectivity index (χ3v) is 4.96. The second kappa shape index (κ2) is 7.07. The highest BCUT2D eigenvalue weighted by Gasteiger charge is 2.51. The summed E-state index contributed by atoms with van der Waals surface area (Å²) in [5.41, 5.74) is -0.726. The molecule has 0 aromatic carbocycles. The maximum atomic E-state index is 12.0. The number of nitrogens with one attached hydrogen (secondary N) is 1. The van der Waals surface area contributed by atoms with Crippen LogP contribution < -0.4 is 5.32 Å². The Bertz CT molecular complexity index is 349. The highest BCUT2D eigenvalue weighted by Crippen LogP contribution is 2.40. The zero-order valence-electron chi connectivity index (χ0n) is 13.8. The molecule has 122 valence electrons. The van der Waals surface area contributed by atoms with Gasteiger partial charge in [0.05, 0.1) is 0 Å². The molecule has 1 aliphatic carbocycles. The van der Waals surface area contributed by atoms with Gasteiger partial charge in [0.2, 0.25) is 0 Å². The molecule has 2 rings (SSSR count). The number of piperazine rings is 1. The summed E-state index contributed by atoms with van der Waals surface area (Å²) >= 11 is 0. The fourth-order valence-electron chi connectivity index (χ4n) is 3.36. The highest BCUT2D eigenvalue weighted by atomic mass is 16.4. The molecule has 2 aliphatic rings. The smallest absolute Gasteiger partial charge is 0.325 e. The van der Waals surface area contributed by atoms with E-state index in [4.69, 9.17) is 0 Å². The third kappa shape index (κ3) is 3.96. The Labute approximate surface area is 128 Å².